The molecule has 3 N–H and O–H groups in total. The predicted molar refractivity (Wildman–Crippen MR) is 81.2 cm³/mol. The van der Waals surface area contributed by atoms with Gasteiger partial charge in [-0.05, 0) is 48.9 Å². The minimum absolute atomic E-state index is 0.0189. The van der Waals surface area contributed by atoms with Crippen molar-refractivity contribution in [2.45, 2.75) is 13.0 Å². The molecule has 22 heavy (non-hydrogen) atoms. The highest BCUT2D eigenvalue weighted by molar-refractivity contribution is 6.06. The number of benzene rings is 2. The van der Waals surface area contributed by atoms with Crippen LogP contribution < -0.4 is 5.48 Å². The summed E-state index contributed by atoms with van der Waals surface area (Å²) < 4.78 is 12.8. The van der Waals surface area contributed by atoms with Gasteiger partial charge in [0, 0.05) is 11.1 Å². The van der Waals surface area contributed by atoms with Gasteiger partial charge in [0.1, 0.15) is 11.6 Å². The molecule has 0 saturated heterocycles. The van der Waals surface area contributed by atoms with E-state index in [1.165, 1.54) is 36.4 Å². The molecule has 0 spiro atoms. The molecule has 114 valence electrons. The maximum Gasteiger partial charge on any atom is 0.185 e. The smallest absolute Gasteiger partial charge is 0.185 e. The number of carbonyl (C=O) groups excluding carboxylic acids is 1. The standard InChI is InChI=1S/C17H16FNO3/c1-11(19-22)15-8-2-12(10-17(15)21)3-9-16(20)13-4-6-14(18)7-5-13/h2-11,19,21-22H,1H3. The van der Waals surface area contributed by atoms with Crippen LogP contribution in [-0.2, 0) is 0 Å². The van der Waals surface area contributed by atoms with Gasteiger partial charge in [-0.15, -0.1) is 0 Å². The van der Waals surface area contributed by atoms with E-state index < -0.39 is 11.9 Å². The second kappa shape index (κ2) is 6.98. The van der Waals surface area contributed by atoms with Gasteiger partial charge in [-0.25, -0.2) is 4.39 Å². The van der Waals surface area contributed by atoms with Crippen molar-refractivity contribution in [3.05, 3.63) is 71.0 Å². The fourth-order valence-electron chi connectivity index (χ4n) is 1.98. The Balaban J connectivity index is 2.14. The fourth-order valence-corrected chi connectivity index (χ4v) is 1.98. The fraction of sp³-hybridized carbons (Fsp3) is 0.118. The van der Waals surface area contributed by atoms with Crippen LogP contribution >= 0.6 is 0 Å². The summed E-state index contributed by atoms with van der Waals surface area (Å²) in [4.78, 5) is 11.9. The van der Waals surface area contributed by atoms with Crippen molar-refractivity contribution in [3.63, 3.8) is 0 Å². The largest absolute Gasteiger partial charge is 0.508 e. The van der Waals surface area contributed by atoms with Crippen molar-refractivity contribution in [2.75, 3.05) is 0 Å². The number of hydrogen-bond acceptors (Lipinski definition) is 4. The Morgan fingerprint density at radius 3 is 2.50 bits per heavy atom. The maximum absolute atomic E-state index is 12.8. The Kier molecular flexibility index (Phi) is 5.04. The second-order valence-corrected chi connectivity index (χ2v) is 4.87. The first-order valence-electron chi connectivity index (χ1n) is 6.72. The van der Waals surface area contributed by atoms with Crippen LogP contribution in [0.2, 0.25) is 0 Å². The van der Waals surface area contributed by atoms with Crippen molar-refractivity contribution < 1.29 is 19.5 Å². The predicted octanol–water partition coefficient (Wildman–Crippen LogP) is 3.47. The summed E-state index contributed by atoms with van der Waals surface area (Å²) >= 11 is 0. The molecular formula is C17H16FNO3. The second-order valence-electron chi connectivity index (χ2n) is 4.87. The molecule has 0 bridgehead atoms. The molecule has 0 aromatic heterocycles. The van der Waals surface area contributed by atoms with E-state index in [1.54, 1.807) is 25.1 Å². The minimum Gasteiger partial charge on any atom is -0.508 e. The van der Waals surface area contributed by atoms with Gasteiger partial charge in [0.25, 0.3) is 0 Å². The normalized spacial score (nSPS) is 12.5. The van der Waals surface area contributed by atoms with Crippen molar-refractivity contribution in [2.24, 2.45) is 0 Å². The number of phenolic OH excluding ortho intramolecular Hbond substituents is 1. The average Bonchev–Trinajstić information content (AvgIpc) is 2.52. The number of hydroxylamine groups is 1. The summed E-state index contributed by atoms with van der Waals surface area (Å²) in [7, 11) is 0. The number of aromatic hydroxyl groups is 1. The number of ketones is 1. The van der Waals surface area contributed by atoms with Crippen molar-refractivity contribution in [1.29, 1.82) is 0 Å². The summed E-state index contributed by atoms with van der Waals surface area (Å²) in [5.41, 5.74) is 3.63. The molecule has 0 heterocycles. The minimum atomic E-state index is -0.404. The first-order chi connectivity index (χ1) is 10.5. The van der Waals surface area contributed by atoms with Crippen LogP contribution in [0.15, 0.2) is 48.5 Å². The third-order valence-corrected chi connectivity index (χ3v) is 3.27. The zero-order chi connectivity index (χ0) is 16.1. The molecule has 1 unspecified atom stereocenters. The van der Waals surface area contributed by atoms with Crippen molar-refractivity contribution >= 4 is 11.9 Å². The van der Waals surface area contributed by atoms with E-state index in [1.807, 2.05) is 0 Å². The van der Waals surface area contributed by atoms with Gasteiger partial charge in [0.05, 0.1) is 6.04 Å². The molecule has 2 rings (SSSR count). The molecule has 0 aliphatic carbocycles. The number of nitrogens with one attached hydrogen (secondary N) is 1. The van der Waals surface area contributed by atoms with Gasteiger partial charge in [0.2, 0.25) is 0 Å². The molecule has 2 aromatic rings. The van der Waals surface area contributed by atoms with Crippen LogP contribution in [0.5, 0.6) is 5.75 Å². The van der Waals surface area contributed by atoms with E-state index in [9.17, 15) is 14.3 Å². The number of carbonyl (C=O) groups is 1. The Labute approximate surface area is 127 Å². The van der Waals surface area contributed by atoms with Crippen LogP contribution in [-0.4, -0.2) is 16.1 Å². The molecule has 0 saturated carbocycles. The lowest BCUT2D eigenvalue weighted by Crippen LogP contribution is -2.13. The quantitative estimate of drug-likeness (QED) is 0.449. The SMILES string of the molecule is CC(NO)c1ccc(C=CC(=O)c2ccc(F)cc2)cc1O. The average molecular weight is 301 g/mol. The first-order valence-corrected chi connectivity index (χ1v) is 6.72. The lowest BCUT2D eigenvalue weighted by Gasteiger charge is -2.11. The maximum atomic E-state index is 12.8. The molecule has 0 radical (unpaired) electrons. The molecule has 0 aliphatic heterocycles. The Morgan fingerprint density at radius 2 is 1.91 bits per heavy atom. The molecule has 1 atom stereocenters. The highest BCUT2D eigenvalue weighted by Crippen LogP contribution is 2.25. The van der Waals surface area contributed by atoms with E-state index in [0.29, 0.717) is 16.7 Å². The van der Waals surface area contributed by atoms with Crippen LogP contribution in [0, 0.1) is 5.82 Å². The summed E-state index contributed by atoms with van der Waals surface area (Å²) in [6, 6.07) is 9.75. The van der Waals surface area contributed by atoms with Crippen LogP contribution in [0.1, 0.15) is 34.5 Å². The Morgan fingerprint density at radius 1 is 1.23 bits per heavy atom. The van der Waals surface area contributed by atoms with E-state index >= 15 is 0 Å². The Bertz CT molecular complexity index is 696. The summed E-state index contributed by atoms with van der Waals surface area (Å²) in [5.74, 6) is -0.632. The van der Waals surface area contributed by atoms with E-state index in [4.69, 9.17) is 5.21 Å². The molecule has 5 heteroatoms. The van der Waals surface area contributed by atoms with Gasteiger partial charge >= 0.3 is 0 Å². The molecule has 2 aromatic carbocycles. The molecule has 0 fully saturated rings. The molecule has 0 aliphatic rings. The topological polar surface area (TPSA) is 69.6 Å². The van der Waals surface area contributed by atoms with Gasteiger partial charge in [-0.1, -0.05) is 18.2 Å². The number of hydrogen-bond donors (Lipinski definition) is 3. The first kappa shape index (κ1) is 15.9. The van der Waals surface area contributed by atoms with E-state index in [2.05, 4.69) is 5.48 Å². The Hall–Kier alpha value is -2.50. The van der Waals surface area contributed by atoms with Crippen molar-refractivity contribution in [1.82, 2.24) is 5.48 Å². The summed E-state index contributed by atoms with van der Waals surface area (Å²) in [6.07, 6.45) is 2.92. The molecular weight excluding hydrogens is 285 g/mol. The highest BCUT2D eigenvalue weighted by Gasteiger charge is 2.09. The number of phenols is 1. The van der Waals surface area contributed by atoms with Gasteiger partial charge in [-0.2, -0.15) is 5.48 Å². The van der Waals surface area contributed by atoms with Crippen molar-refractivity contribution in [3.8, 4) is 5.75 Å². The van der Waals surface area contributed by atoms with E-state index in [-0.39, 0.29) is 11.5 Å². The van der Waals surface area contributed by atoms with Gasteiger partial charge in [-0.3, -0.25) is 4.79 Å². The zero-order valence-corrected chi connectivity index (χ0v) is 12.0. The highest BCUT2D eigenvalue weighted by atomic mass is 19.1. The molecule has 0 amide bonds. The van der Waals surface area contributed by atoms with Crippen LogP contribution in [0.25, 0.3) is 6.08 Å². The van der Waals surface area contributed by atoms with Gasteiger partial charge < -0.3 is 10.3 Å². The third-order valence-electron chi connectivity index (χ3n) is 3.27. The van der Waals surface area contributed by atoms with Crippen LogP contribution in [0.3, 0.4) is 0 Å². The monoisotopic (exact) mass is 301 g/mol. The lowest BCUT2D eigenvalue weighted by atomic mass is 10.0. The molecule has 4 nitrogen and oxygen atoms in total. The van der Waals surface area contributed by atoms with Crippen LogP contribution in [0.4, 0.5) is 4.39 Å². The number of halogens is 1. The summed E-state index contributed by atoms with van der Waals surface area (Å²) in [5, 5.41) is 18.8. The summed E-state index contributed by atoms with van der Waals surface area (Å²) in [6.45, 7) is 1.70. The van der Waals surface area contributed by atoms with Gasteiger partial charge in [0.15, 0.2) is 5.78 Å². The lowest BCUT2D eigenvalue weighted by molar-refractivity contribution is 0.104. The third kappa shape index (κ3) is 3.78. The number of rotatable bonds is 5. The number of allylic oxidation sites excluding steroid dienone is 1. The van der Waals surface area contributed by atoms with E-state index in [0.717, 1.165) is 0 Å². The zero-order valence-electron chi connectivity index (χ0n) is 12.0.